The van der Waals surface area contributed by atoms with Gasteiger partial charge in [0.15, 0.2) is 0 Å². The summed E-state index contributed by atoms with van der Waals surface area (Å²) in [7, 11) is 0. The monoisotopic (exact) mass is 365 g/mol. The Labute approximate surface area is 163 Å². The maximum Gasteiger partial charge on any atom is 0.227 e. The lowest BCUT2D eigenvalue weighted by atomic mass is 10.00. The van der Waals surface area contributed by atoms with Crippen LogP contribution < -0.4 is 9.80 Å². The van der Waals surface area contributed by atoms with Crippen molar-refractivity contribution in [1.82, 2.24) is 14.9 Å². The molecule has 2 aromatic rings. The van der Waals surface area contributed by atoms with E-state index in [1.54, 1.807) is 0 Å². The number of nitrogens with zero attached hydrogens (tertiary/aromatic N) is 5. The van der Waals surface area contributed by atoms with Crippen molar-refractivity contribution in [2.24, 2.45) is 5.92 Å². The summed E-state index contributed by atoms with van der Waals surface area (Å²) in [6.07, 6.45) is 2.45. The molecule has 2 saturated heterocycles. The Balaban J connectivity index is 1.64. The van der Waals surface area contributed by atoms with E-state index in [0.717, 1.165) is 69.2 Å². The van der Waals surface area contributed by atoms with Gasteiger partial charge in [-0.15, -0.1) is 0 Å². The Hall–Kier alpha value is -2.14. The highest BCUT2D eigenvalue weighted by atomic mass is 15.3. The van der Waals surface area contributed by atoms with Crippen molar-refractivity contribution < 1.29 is 0 Å². The average Bonchev–Trinajstić information content (AvgIpc) is 2.74. The van der Waals surface area contributed by atoms with E-state index in [1.807, 2.05) is 0 Å². The molecule has 144 valence electrons. The van der Waals surface area contributed by atoms with Crippen molar-refractivity contribution >= 4 is 11.8 Å². The summed E-state index contributed by atoms with van der Waals surface area (Å²) >= 11 is 0. The van der Waals surface area contributed by atoms with Gasteiger partial charge in [0.1, 0.15) is 5.82 Å². The molecule has 4 rings (SSSR count). The quantitative estimate of drug-likeness (QED) is 0.828. The number of rotatable bonds is 4. The van der Waals surface area contributed by atoms with E-state index in [2.05, 4.69) is 64.9 Å². The first-order chi connectivity index (χ1) is 13.2. The predicted molar refractivity (Wildman–Crippen MR) is 112 cm³/mol. The number of likely N-dealkylation sites (N-methyl/N-ethyl adjacent to an activating group) is 1. The third-order valence-corrected chi connectivity index (χ3v) is 5.98. The summed E-state index contributed by atoms with van der Waals surface area (Å²) in [4.78, 5) is 17.3. The van der Waals surface area contributed by atoms with Crippen LogP contribution in [-0.2, 0) is 0 Å². The fourth-order valence-electron chi connectivity index (χ4n) is 3.98. The lowest BCUT2D eigenvalue weighted by Gasteiger charge is -2.36. The SMILES string of the molecule is CCN1CCN(c2cc(-c3ccccc3)nc(N3CCC(C)CC3)n2)CC1. The number of benzene rings is 1. The molecular formula is C22H31N5. The smallest absolute Gasteiger partial charge is 0.227 e. The molecule has 3 heterocycles. The van der Waals surface area contributed by atoms with E-state index in [0.29, 0.717) is 0 Å². The summed E-state index contributed by atoms with van der Waals surface area (Å²) in [5.74, 6) is 2.78. The Kier molecular flexibility index (Phi) is 5.58. The number of hydrogen-bond acceptors (Lipinski definition) is 5. The van der Waals surface area contributed by atoms with Gasteiger partial charge in [-0.1, -0.05) is 44.2 Å². The highest BCUT2D eigenvalue weighted by Gasteiger charge is 2.22. The van der Waals surface area contributed by atoms with Crippen molar-refractivity contribution in [3.63, 3.8) is 0 Å². The van der Waals surface area contributed by atoms with Crippen molar-refractivity contribution in [3.05, 3.63) is 36.4 Å². The first kappa shape index (κ1) is 18.2. The lowest BCUT2D eigenvalue weighted by Crippen LogP contribution is -2.46. The van der Waals surface area contributed by atoms with Gasteiger partial charge < -0.3 is 14.7 Å². The number of anilines is 2. The second-order valence-electron chi connectivity index (χ2n) is 7.87. The standard InChI is InChI=1S/C22H31N5/c1-3-25-13-15-26(16-14-25)21-17-20(19-7-5-4-6-8-19)23-22(24-21)27-11-9-18(2)10-12-27/h4-8,17-18H,3,9-16H2,1-2H3. The van der Waals surface area contributed by atoms with Crippen LogP contribution in [0.5, 0.6) is 0 Å². The minimum absolute atomic E-state index is 0.806. The third-order valence-electron chi connectivity index (χ3n) is 5.98. The summed E-state index contributed by atoms with van der Waals surface area (Å²) in [6, 6.07) is 12.7. The fraction of sp³-hybridized carbons (Fsp3) is 0.545. The van der Waals surface area contributed by atoms with E-state index in [4.69, 9.17) is 9.97 Å². The molecule has 1 aromatic heterocycles. The van der Waals surface area contributed by atoms with E-state index < -0.39 is 0 Å². The fourth-order valence-corrected chi connectivity index (χ4v) is 3.98. The van der Waals surface area contributed by atoms with Gasteiger partial charge in [0.25, 0.3) is 0 Å². The highest BCUT2D eigenvalue weighted by Crippen LogP contribution is 2.27. The normalized spacial score (nSPS) is 19.5. The first-order valence-corrected chi connectivity index (χ1v) is 10.4. The number of piperidine rings is 1. The summed E-state index contributed by atoms with van der Waals surface area (Å²) < 4.78 is 0. The first-order valence-electron chi connectivity index (χ1n) is 10.4. The van der Waals surface area contributed by atoms with E-state index >= 15 is 0 Å². The molecule has 0 atom stereocenters. The second-order valence-corrected chi connectivity index (χ2v) is 7.87. The van der Waals surface area contributed by atoms with Crippen molar-refractivity contribution in [2.45, 2.75) is 26.7 Å². The minimum atomic E-state index is 0.806. The highest BCUT2D eigenvalue weighted by molar-refractivity contribution is 5.65. The molecule has 2 aliphatic heterocycles. The van der Waals surface area contributed by atoms with Crippen molar-refractivity contribution in [2.75, 3.05) is 55.6 Å². The minimum Gasteiger partial charge on any atom is -0.354 e. The molecule has 2 aliphatic rings. The molecule has 5 heteroatoms. The van der Waals surface area contributed by atoms with Gasteiger partial charge in [-0.3, -0.25) is 0 Å². The van der Waals surface area contributed by atoms with Gasteiger partial charge in [0, 0.05) is 50.9 Å². The zero-order chi connectivity index (χ0) is 18.6. The van der Waals surface area contributed by atoms with Crippen LogP contribution in [0.3, 0.4) is 0 Å². The van der Waals surface area contributed by atoms with Gasteiger partial charge in [0.2, 0.25) is 5.95 Å². The van der Waals surface area contributed by atoms with Crippen LogP contribution in [0.1, 0.15) is 26.7 Å². The van der Waals surface area contributed by atoms with Crippen LogP contribution in [0.2, 0.25) is 0 Å². The number of piperazine rings is 1. The van der Waals surface area contributed by atoms with Crippen LogP contribution in [0.4, 0.5) is 11.8 Å². The molecule has 0 saturated carbocycles. The average molecular weight is 366 g/mol. The van der Waals surface area contributed by atoms with Crippen LogP contribution in [-0.4, -0.2) is 60.7 Å². The Bertz CT molecular complexity index is 732. The molecule has 0 unspecified atom stereocenters. The zero-order valence-electron chi connectivity index (χ0n) is 16.6. The maximum atomic E-state index is 5.00. The maximum absolute atomic E-state index is 5.00. The van der Waals surface area contributed by atoms with Gasteiger partial charge in [-0.25, -0.2) is 4.98 Å². The van der Waals surface area contributed by atoms with Crippen LogP contribution in [0.25, 0.3) is 11.3 Å². The number of aromatic nitrogens is 2. The number of hydrogen-bond donors (Lipinski definition) is 0. The molecule has 0 N–H and O–H groups in total. The molecule has 0 amide bonds. The molecule has 0 aliphatic carbocycles. The molecule has 27 heavy (non-hydrogen) atoms. The summed E-state index contributed by atoms with van der Waals surface area (Å²) in [5.41, 5.74) is 2.20. The van der Waals surface area contributed by atoms with Gasteiger partial charge in [-0.2, -0.15) is 4.98 Å². The van der Waals surface area contributed by atoms with Crippen molar-refractivity contribution in [1.29, 1.82) is 0 Å². The molecule has 2 fully saturated rings. The Morgan fingerprint density at radius 3 is 2.26 bits per heavy atom. The lowest BCUT2D eigenvalue weighted by molar-refractivity contribution is 0.270. The van der Waals surface area contributed by atoms with Gasteiger partial charge in [-0.05, 0) is 25.3 Å². The van der Waals surface area contributed by atoms with E-state index in [-0.39, 0.29) is 0 Å². The largest absolute Gasteiger partial charge is 0.354 e. The molecule has 0 radical (unpaired) electrons. The summed E-state index contributed by atoms with van der Waals surface area (Å²) in [5, 5.41) is 0. The predicted octanol–water partition coefficient (Wildman–Crippen LogP) is 3.52. The summed E-state index contributed by atoms with van der Waals surface area (Å²) in [6.45, 7) is 12.1. The topological polar surface area (TPSA) is 35.5 Å². The van der Waals surface area contributed by atoms with Gasteiger partial charge in [0.05, 0.1) is 5.69 Å². The zero-order valence-corrected chi connectivity index (χ0v) is 16.6. The van der Waals surface area contributed by atoms with Crippen LogP contribution in [0.15, 0.2) is 36.4 Å². The van der Waals surface area contributed by atoms with Gasteiger partial charge >= 0.3 is 0 Å². The second kappa shape index (κ2) is 8.26. The van der Waals surface area contributed by atoms with E-state index in [1.165, 1.54) is 18.4 Å². The Morgan fingerprint density at radius 2 is 1.59 bits per heavy atom. The third kappa shape index (κ3) is 4.24. The molecule has 0 spiro atoms. The molecule has 1 aromatic carbocycles. The molecule has 5 nitrogen and oxygen atoms in total. The Morgan fingerprint density at radius 1 is 0.889 bits per heavy atom. The molecule has 0 bridgehead atoms. The van der Waals surface area contributed by atoms with Crippen molar-refractivity contribution in [3.8, 4) is 11.3 Å². The van der Waals surface area contributed by atoms with Crippen LogP contribution in [0, 0.1) is 5.92 Å². The van der Waals surface area contributed by atoms with E-state index in [9.17, 15) is 0 Å². The molecular weight excluding hydrogens is 334 g/mol. The van der Waals surface area contributed by atoms with Crippen LogP contribution >= 0.6 is 0 Å².